The molecule has 0 saturated heterocycles. The molecule has 0 aliphatic carbocycles. The number of methoxy groups -OCH3 is 1. The SMILES string of the molecule is COc1ccc(CC(C)Nc2cc(Cl)ccc2C#N)cc1. The Morgan fingerprint density at radius 2 is 1.95 bits per heavy atom. The van der Waals surface area contributed by atoms with Gasteiger partial charge in [-0.15, -0.1) is 0 Å². The fourth-order valence-corrected chi connectivity index (χ4v) is 2.34. The van der Waals surface area contributed by atoms with Crippen molar-refractivity contribution >= 4 is 17.3 Å². The number of ether oxygens (including phenoxy) is 1. The first-order valence-electron chi connectivity index (χ1n) is 6.71. The topological polar surface area (TPSA) is 45.0 Å². The van der Waals surface area contributed by atoms with Gasteiger partial charge in [0.1, 0.15) is 11.8 Å². The number of rotatable bonds is 5. The van der Waals surface area contributed by atoms with Crippen molar-refractivity contribution in [2.75, 3.05) is 12.4 Å². The molecule has 1 N–H and O–H groups in total. The Balaban J connectivity index is 2.06. The molecule has 0 spiro atoms. The van der Waals surface area contributed by atoms with Crippen molar-refractivity contribution in [2.24, 2.45) is 0 Å². The second kappa shape index (κ2) is 7.01. The Hall–Kier alpha value is -2.18. The summed E-state index contributed by atoms with van der Waals surface area (Å²) in [6.07, 6.45) is 0.849. The van der Waals surface area contributed by atoms with E-state index in [0.717, 1.165) is 17.9 Å². The van der Waals surface area contributed by atoms with Gasteiger partial charge < -0.3 is 10.1 Å². The molecule has 0 aliphatic heterocycles. The molecule has 0 heterocycles. The van der Waals surface area contributed by atoms with Gasteiger partial charge in [0.05, 0.1) is 18.4 Å². The summed E-state index contributed by atoms with van der Waals surface area (Å²) >= 11 is 5.99. The predicted molar refractivity (Wildman–Crippen MR) is 85.9 cm³/mol. The van der Waals surface area contributed by atoms with Crippen LogP contribution in [0.15, 0.2) is 42.5 Å². The zero-order chi connectivity index (χ0) is 15.2. The van der Waals surface area contributed by atoms with Crippen LogP contribution in [-0.2, 0) is 6.42 Å². The Morgan fingerprint density at radius 3 is 2.57 bits per heavy atom. The Morgan fingerprint density at radius 1 is 1.24 bits per heavy atom. The van der Waals surface area contributed by atoms with E-state index in [1.807, 2.05) is 24.3 Å². The van der Waals surface area contributed by atoms with E-state index < -0.39 is 0 Å². The van der Waals surface area contributed by atoms with E-state index in [4.69, 9.17) is 21.6 Å². The third kappa shape index (κ3) is 4.14. The number of hydrogen-bond donors (Lipinski definition) is 1. The van der Waals surface area contributed by atoms with E-state index in [9.17, 15) is 0 Å². The highest BCUT2D eigenvalue weighted by atomic mass is 35.5. The average Bonchev–Trinajstić information content (AvgIpc) is 2.48. The van der Waals surface area contributed by atoms with Crippen molar-refractivity contribution in [1.29, 1.82) is 5.26 Å². The van der Waals surface area contributed by atoms with E-state index in [-0.39, 0.29) is 6.04 Å². The average molecular weight is 301 g/mol. The van der Waals surface area contributed by atoms with Gasteiger partial charge in [-0.3, -0.25) is 0 Å². The molecule has 0 saturated carbocycles. The molecule has 0 radical (unpaired) electrons. The highest BCUT2D eigenvalue weighted by Crippen LogP contribution is 2.22. The van der Waals surface area contributed by atoms with Crippen LogP contribution in [0.1, 0.15) is 18.1 Å². The van der Waals surface area contributed by atoms with Crippen LogP contribution in [-0.4, -0.2) is 13.2 Å². The molecule has 21 heavy (non-hydrogen) atoms. The van der Waals surface area contributed by atoms with Crippen LogP contribution in [0.2, 0.25) is 5.02 Å². The highest BCUT2D eigenvalue weighted by Gasteiger charge is 2.08. The van der Waals surface area contributed by atoms with Gasteiger partial charge in [-0.2, -0.15) is 5.26 Å². The summed E-state index contributed by atoms with van der Waals surface area (Å²) in [4.78, 5) is 0. The van der Waals surface area contributed by atoms with E-state index >= 15 is 0 Å². The smallest absolute Gasteiger partial charge is 0.118 e. The normalized spacial score (nSPS) is 11.5. The lowest BCUT2D eigenvalue weighted by molar-refractivity contribution is 0.414. The quantitative estimate of drug-likeness (QED) is 0.897. The summed E-state index contributed by atoms with van der Waals surface area (Å²) in [6.45, 7) is 2.08. The number of nitrogens with zero attached hydrogens (tertiary/aromatic N) is 1. The van der Waals surface area contributed by atoms with Crippen molar-refractivity contribution in [3.8, 4) is 11.8 Å². The molecule has 3 nitrogen and oxygen atoms in total. The zero-order valence-electron chi connectivity index (χ0n) is 12.1. The summed E-state index contributed by atoms with van der Waals surface area (Å²) in [7, 11) is 1.65. The van der Waals surface area contributed by atoms with Crippen LogP contribution < -0.4 is 10.1 Å². The Labute approximate surface area is 130 Å². The number of halogens is 1. The van der Waals surface area contributed by atoms with Crippen LogP contribution in [0.3, 0.4) is 0 Å². The minimum atomic E-state index is 0.184. The number of benzene rings is 2. The highest BCUT2D eigenvalue weighted by molar-refractivity contribution is 6.30. The maximum Gasteiger partial charge on any atom is 0.118 e. The van der Waals surface area contributed by atoms with Gasteiger partial charge in [0.25, 0.3) is 0 Å². The van der Waals surface area contributed by atoms with Gasteiger partial charge in [0.2, 0.25) is 0 Å². The van der Waals surface area contributed by atoms with Gasteiger partial charge in [-0.25, -0.2) is 0 Å². The van der Waals surface area contributed by atoms with Crippen molar-refractivity contribution in [2.45, 2.75) is 19.4 Å². The van der Waals surface area contributed by atoms with Crippen LogP contribution in [0, 0.1) is 11.3 Å². The molecule has 0 fully saturated rings. The number of anilines is 1. The first kappa shape index (κ1) is 15.2. The third-order valence-corrected chi connectivity index (χ3v) is 3.44. The minimum absolute atomic E-state index is 0.184. The summed E-state index contributed by atoms with van der Waals surface area (Å²) < 4.78 is 5.15. The third-order valence-electron chi connectivity index (χ3n) is 3.20. The number of nitriles is 1. The minimum Gasteiger partial charge on any atom is -0.497 e. The molecule has 2 aromatic carbocycles. The molecule has 1 atom stereocenters. The molecule has 1 unspecified atom stereocenters. The second-order valence-electron chi connectivity index (χ2n) is 4.90. The van der Waals surface area contributed by atoms with Crippen LogP contribution in [0.25, 0.3) is 0 Å². The molecule has 0 aromatic heterocycles. The van der Waals surface area contributed by atoms with Crippen molar-refractivity contribution in [3.05, 3.63) is 58.6 Å². The fourth-order valence-electron chi connectivity index (χ4n) is 2.17. The predicted octanol–water partition coefficient (Wildman–Crippen LogP) is 4.26. The fraction of sp³-hybridized carbons (Fsp3) is 0.235. The maximum absolute atomic E-state index is 9.12. The molecule has 2 rings (SSSR count). The Kier molecular flexibility index (Phi) is 5.08. The van der Waals surface area contributed by atoms with Crippen molar-refractivity contribution < 1.29 is 4.74 Å². The van der Waals surface area contributed by atoms with E-state index in [1.54, 1.807) is 25.3 Å². The lowest BCUT2D eigenvalue weighted by atomic mass is 10.1. The molecule has 108 valence electrons. The summed E-state index contributed by atoms with van der Waals surface area (Å²) in [5.74, 6) is 0.848. The number of hydrogen-bond acceptors (Lipinski definition) is 3. The second-order valence-corrected chi connectivity index (χ2v) is 5.34. The van der Waals surface area contributed by atoms with Gasteiger partial charge in [-0.1, -0.05) is 23.7 Å². The van der Waals surface area contributed by atoms with Crippen molar-refractivity contribution in [1.82, 2.24) is 0 Å². The standard InChI is InChI=1S/C17H17ClN2O/c1-12(9-13-3-7-16(21-2)8-4-13)20-17-10-15(18)6-5-14(17)11-19/h3-8,10,12,20H,9H2,1-2H3. The monoisotopic (exact) mass is 300 g/mol. The maximum atomic E-state index is 9.12. The molecule has 2 aromatic rings. The summed E-state index contributed by atoms with van der Waals surface area (Å²) in [6, 6.07) is 15.6. The van der Waals surface area contributed by atoms with Gasteiger partial charge in [0, 0.05) is 11.1 Å². The molecule has 0 amide bonds. The van der Waals surface area contributed by atoms with E-state index in [1.165, 1.54) is 5.56 Å². The molecule has 0 aliphatic rings. The van der Waals surface area contributed by atoms with E-state index in [0.29, 0.717) is 10.6 Å². The summed E-state index contributed by atoms with van der Waals surface area (Å²) in [5, 5.41) is 13.1. The van der Waals surface area contributed by atoms with Crippen LogP contribution in [0.4, 0.5) is 5.69 Å². The zero-order valence-corrected chi connectivity index (χ0v) is 12.8. The lowest BCUT2D eigenvalue weighted by Crippen LogP contribution is -2.18. The first-order valence-corrected chi connectivity index (χ1v) is 7.09. The molecular formula is C17H17ClN2O. The number of nitrogens with one attached hydrogen (secondary N) is 1. The first-order chi connectivity index (χ1) is 10.1. The van der Waals surface area contributed by atoms with Gasteiger partial charge in [-0.05, 0) is 49.2 Å². The van der Waals surface area contributed by atoms with Crippen LogP contribution >= 0.6 is 11.6 Å². The Bertz CT molecular complexity index is 647. The van der Waals surface area contributed by atoms with Crippen molar-refractivity contribution in [3.63, 3.8) is 0 Å². The molecule has 4 heteroatoms. The van der Waals surface area contributed by atoms with Crippen LogP contribution in [0.5, 0.6) is 5.75 Å². The summed E-state index contributed by atoms with van der Waals surface area (Å²) in [5.41, 5.74) is 2.57. The van der Waals surface area contributed by atoms with E-state index in [2.05, 4.69) is 18.3 Å². The lowest BCUT2D eigenvalue weighted by Gasteiger charge is -2.17. The largest absolute Gasteiger partial charge is 0.497 e. The molecular weight excluding hydrogens is 284 g/mol. The van der Waals surface area contributed by atoms with Gasteiger partial charge in [0.15, 0.2) is 0 Å². The van der Waals surface area contributed by atoms with Gasteiger partial charge >= 0.3 is 0 Å². The molecule has 0 bridgehead atoms.